The lowest BCUT2D eigenvalue weighted by molar-refractivity contribution is -0.137. The third-order valence-corrected chi connectivity index (χ3v) is 3.03. The van der Waals surface area contributed by atoms with Gasteiger partial charge in [0.2, 0.25) is 5.96 Å². The molecule has 1 aliphatic rings. The van der Waals surface area contributed by atoms with E-state index in [0.717, 1.165) is 18.6 Å². The van der Waals surface area contributed by atoms with Crippen molar-refractivity contribution < 1.29 is 13.2 Å². The third kappa shape index (κ3) is 4.24. The monoisotopic (exact) mass is 311 g/mol. The van der Waals surface area contributed by atoms with Crippen LogP contribution in [0.5, 0.6) is 0 Å². The van der Waals surface area contributed by atoms with Gasteiger partial charge in [0.1, 0.15) is 0 Å². The fraction of sp³-hybridized carbons (Fsp3) is 0.286. The minimum Gasteiger partial charge on any atom is -0.369 e. The molecule has 0 bridgehead atoms. The minimum atomic E-state index is -4.43. The van der Waals surface area contributed by atoms with Gasteiger partial charge in [0.05, 0.1) is 11.3 Å². The molecule has 0 saturated carbocycles. The lowest BCUT2D eigenvalue weighted by Crippen LogP contribution is -2.40. The van der Waals surface area contributed by atoms with Crippen LogP contribution in [0.15, 0.2) is 46.4 Å². The number of hydrogen-bond acceptors (Lipinski definition) is 1. The number of nitrogens with zero attached hydrogens (tertiary/aromatic N) is 3. The number of nitrogens with two attached hydrogens (primary N) is 2. The molecule has 1 aliphatic heterocycles. The predicted octanol–water partition coefficient (Wildman–Crippen LogP) is 2.23. The molecular formula is C14H16F3N5. The van der Waals surface area contributed by atoms with Crippen molar-refractivity contribution in [3.05, 3.63) is 42.0 Å². The minimum absolute atomic E-state index is 0.0717. The molecule has 0 radical (unpaired) electrons. The highest BCUT2D eigenvalue weighted by molar-refractivity contribution is 5.94. The topological polar surface area (TPSA) is 80.0 Å². The van der Waals surface area contributed by atoms with Crippen LogP contribution in [0.25, 0.3) is 0 Å². The van der Waals surface area contributed by atoms with E-state index < -0.39 is 11.7 Å². The molecule has 0 fully saturated rings. The molecule has 5 nitrogen and oxygen atoms in total. The summed E-state index contributed by atoms with van der Waals surface area (Å²) in [7, 11) is 0. The number of halogens is 3. The summed E-state index contributed by atoms with van der Waals surface area (Å²) in [6.45, 7) is 1.33. The van der Waals surface area contributed by atoms with E-state index in [9.17, 15) is 13.2 Å². The molecule has 0 unspecified atom stereocenters. The summed E-state index contributed by atoms with van der Waals surface area (Å²) in [6.07, 6.45) is 0.402. The summed E-state index contributed by atoms with van der Waals surface area (Å²) >= 11 is 0. The molecule has 1 heterocycles. The Morgan fingerprint density at radius 2 is 1.95 bits per heavy atom. The summed E-state index contributed by atoms with van der Waals surface area (Å²) in [5.74, 6) is 0.00366. The van der Waals surface area contributed by atoms with Gasteiger partial charge in [-0.2, -0.15) is 18.2 Å². The maximum absolute atomic E-state index is 12.6. The molecule has 0 spiro atoms. The first-order valence-corrected chi connectivity index (χ1v) is 6.62. The standard InChI is InChI=1S/C14H16F3N5/c15-14(16,17)10-5-4-6-11(9-10)20-12(18)21-13(19)22-7-2-1-3-8-22/h1-2,4-6,9H,3,7-8H2,(H4,18,19,20,21). The molecular weight excluding hydrogens is 295 g/mol. The van der Waals surface area contributed by atoms with Crippen molar-refractivity contribution in [3.8, 4) is 0 Å². The lowest BCUT2D eigenvalue weighted by atomic mass is 10.2. The van der Waals surface area contributed by atoms with Crippen LogP contribution in [0.1, 0.15) is 12.0 Å². The second-order valence-electron chi connectivity index (χ2n) is 4.69. The smallest absolute Gasteiger partial charge is 0.369 e. The highest BCUT2D eigenvalue weighted by Gasteiger charge is 2.30. The van der Waals surface area contributed by atoms with E-state index >= 15 is 0 Å². The fourth-order valence-electron chi connectivity index (χ4n) is 1.95. The first kappa shape index (κ1) is 15.9. The van der Waals surface area contributed by atoms with Gasteiger partial charge in [0.25, 0.3) is 0 Å². The molecule has 1 aromatic carbocycles. The van der Waals surface area contributed by atoms with Crippen molar-refractivity contribution in [2.24, 2.45) is 21.5 Å². The first-order chi connectivity index (χ1) is 10.4. The Morgan fingerprint density at radius 1 is 1.18 bits per heavy atom. The highest BCUT2D eigenvalue weighted by atomic mass is 19.4. The van der Waals surface area contributed by atoms with E-state index in [-0.39, 0.29) is 17.6 Å². The van der Waals surface area contributed by atoms with Crippen molar-refractivity contribution in [1.82, 2.24) is 4.90 Å². The van der Waals surface area contributed by atoms with Gasteiger partial charge >= 0.3 is 6.18 Å². The SMILES string of the molecule is NC(=Nc1cccc(C(F)(F)F)c1)/N=C(\N)N1CC=CCC1. The zero-order chi connectivity index (χ0) is 16.2. The Balaban J connectivity index is 2.16. The largest absolute Gasteiger partial charge is 0.416 e. The average molecular weight is 311 g/mol. The average Bonchev–Trinajstić information content (AvgIpc) is 2.47. The van der Waals surface area contributed by atoms with Gasteiger partial charge < -0.3 is 16.4 Å². The van der Waals surface area contributed by atoms with E-state index in [2.05, 4.69) is 9.98 Å². The van der Waals surface area contributed by atoms with E-state index in [1.54, 1.807) is 4.90 Å². The highest BCUT2D eigenvalue weighted by Crippen LogP contribution is 2.31. The molecule has 0 aliphatic carbocycles. The van der Waals surface area contributed by atoms with E-state index in [1.807, 2.05) is 12.2 Å². The molecule has 0 atom stereocenters. The molecule has 0 saturated heterocycles. The predicted molar refractivity (Wildman–Crippen MR) is 79.7 cm³/mol. The van der Waals surface area contributed by atoms with Crippen LogP contribution < -0.4 is 11.5 Å². The van der Waals surface area contributed by atoms with Crippen molar-refractivity contribution in [2.75, 3.05) is 13.1 Å². The fourth-order valence-corrected chi connectivity index (χ4v) is 1.95. The van der Waals surface area contributed by atoms with Gasteiger partial charge in [-0.1, -0.05) is 18.2 Å². The maximum Gasteiger partial charge on any atom is 0.416 e. The zero-order valence-electron chi connectivity index (χ0n) is 11.7. The van der Waals surface area contributed by atoms with E-state index in [1.165, 1.54) is 12.1 Å². The second kappa shape index (κ2) is 6.50. The van der Waals surface area contributed by atoms with Crippen LogP contribution in [0, 0.1) is 0 Å². The molecule has 8 heteroatoms. The van der Waals surface area contributed by atoms with Crippen molar-refractivity contribution in [3.63, 3.8) is 0 Å². The lowest BCUT2D eigenvalue weighted by Gasteiger charge is -2.23. The molecule has 0 aromatic heterocycles. The maximum atomic E-state index is 12.6. The van der Waals surface area contributed by atoms with Crippen LogP contribution in [-0.2, 0) is 6.18 Å². The van der Waals surface area contributed by atoms with Crippen molar-refractivity contribution in [1.29, 1.82) is 0 Å². The third-order valence-electron chi connectivity index (χ3n) is 3.03. The Hall–Kier alpha value is -2.51. The Labute approximate surface area is 125 Å². The number of guanidine groups is 2. The second-order valence-corrected chi connectivity index (χ2v) is 4.69. The van der Waals surface area contributed by atoms with Crippen molar-refractivity contribution in [2.45, 2.75) is 12.6 Å². The Morgan fingerprint density at radius 3 is 2.59 bits per heavy atom. The van der Waals surface area contributed by atoms with Gasteiger partial charge in [0.15, 0.2) is 5.96 Å². The quantitative estimate of drug-likeness (QED) is 0.474. The Kier molecular flexibility index (Phi) is 4.69. The van der Waals surface area contributed by atoms with Crippen LogP contribution in [0.4, 0.5) is 18.9 Å². The number of aliphatic imine (C=N–C) groups is 2. The normalized spacial score (nSPS) is 17.0. The number of rotatable bonds is 1. The van der Waals surface area contributed by atoms with Gasteiger partial charge in [-0.15, -0.1) is 0 Å². The molecule has 2 rings (SSSR count). The van der Waals surface area contributed by atoms with Crippen molar-refractivity contribution >= 4 is 17.6 Å². The van der Waals surface area contributed by atoms with Crippen LogP contribution in [-0.4, -0.2) is 29.9 Å². The summed E-state index contributed by atoms with van der Waals surface area (Å²) in [5.41, 5.74) is 10.7. The molecule has 22 heavy (non-hydrogen) atoms. The summed E-state index contributed by atoms with van der Waals surface area (Å²) in [4.78, 5) is 9.57. The number of benzene rings is 1. The zero-order valence-corrected chi connectivity index (χ0v) is 11.7. The van der Waals surface area contributed by atoms with Gasteiger partial charge in [-0.25, -0.2) is 4.99 Å². The first-order valence-electron chi connectivity index (χ1n) is 6.62. The van der Waals surface area contributed by atoms with Crippen LogP contribution >= 0.6 is 0 Å². The summed E-state index contributed by atoms with van der Waals surface area (Å²) < 4.78 is 37.9. The summed E-state index contributed by atoms with van der Waals surface area (Å²) in [5, 5.41) is 0. The molecule has 1 aromatic rings. The van der Waals surface area contributed by atoms with Gasteiger partial charge in [0, 0.05) is 13.1 Å². The van der Waals surface area contributed by atoms with E-state index in [0.29, 0.717) is 13.1 Å². The molecule has 118 valence electrons. The van der Waals surface area contributed by atoms with Crippen LogP contribution in [0.2, 0.25) is 0 Å². The number of hydrogen-bond donors (Lipinski definition) is 2. The van der Waals surface area contributed by atoms with Gasteiger partial charge in [-0.05, 0) is 24.6 Å². The number of alkyl halides is 3. The molecule has 4 N–H and O–H groups in total. The van der Waals surface area contributed by atoms with Gasteiger partial charge in [-0.3, -0.25) is 0 Å². The Bertz CT molecular complexity index is 619. The summed E-state index contributed by atoms with van der Waals surface area (Å²) in [6, 6.07) is 4.55. The molecule has 0 amide bonds. The van der Waals surface area contributed by atoms with E-state index in [4.69, 9.17) is 11.5 Å². The van der Waals surface area contributed by atoms with Crippen LogP contribution in [0.3, 0.4) is 0 Å².